The topological polar surface area (TPSA) is 68.0 Å². The Hall–Kier alpha value is -3.16. The molecule has 0 radical (unpaired) electrons. The Bertz CT molecular complexity index is 1120. The first-order valence-electron chi connectivity index (χ1n) is 8.28. The summed E-state index contributed by atoms with van der Waals surface area (Å²) in [4.78, 5) is 13.2. The second kappa shape index (κ2) is 5.42. The van der Waals surface area contributed by atoms with E-state index in [1.165, 1.54) is 0 Å². The van der Waals surface area contributed by atoms with Gasteiger partial charge in [-0.2, -0.15) is 0 Å². The van der Waals surface area contributed by atoms with E-state index >= 15 is 0 Å². The number of alkyl halides is 2. The maximum atomic E-state index is 12.9. The number of aromatic nitrogens is 5. The molecule has 0 bridgehead atoms. The van der Waals surface area contributed by atoms with Crippen LogP contribution in [-0.2, 0) is 0 Å². The van der Waals surface area contributed by atoms with Crippen molar-refractivity contribution in [3.63, 3.8) is 0 Å². The average molecular weight is 352 g/mol. The van der Waals surface area contributed by atoms with E-state index in [0.29, 0.717) is 5.95 Å². The van der Waals surface area contributed by atoms with Crippen LogP contribution in [0.2, 0.25) is 0 Å². The normalized spacial score (nSPS) is 16.7. The highest BCUT2D eigenvalue weighted by atomic mass is 19.3. The summed E-state index contributed by atoms with van der Waals surface area (Å²) in [6.45, 7) is 0. The predicted octanol–water partition coefficient (Wildman–Crippen LogP) is 3.55. The number of pyridine rings is 2. The van der Waals surface area contributed by atoms with Crippen LogP contribution in [0.3, 0.4) is 0 Å². The number of rotatable bonds is 3. The molecule has 0 aliphatic heterocycles. The highest BCUT2D eigenvalue weighted by Gasteiger charge is 2.45. The second-order valence-corrected chi connectivity index (χ2v) is 6.48. The van der Waals surface area contributed by atoms with Gasteiger partial charge in [0, 0.05) is 36.8 Å². The number of fused-ring (bicyclic) bond motifs is 2. The quantitative estimate of drug-likeness (QED) is 0.611. The molecular weight excluding hydrogens is 338 g/mol. The zero-order chi connectivity index (χ0) is 17.7. The molecule has 0 unspecified atom stereocenters. The van der Waals surface area contributed by atoms with Gasteiger partial charge >= 0.3 is 0 Å². The van der Waals surface area contributed by atoms with Crippen molar-refractivity contribution in [1.29, 1.82) is 0 Å². The standard InChI is InChI=1S/C18H14F2N6/c19-18(20)8-11(9-18)23-17-22-10-16-12(5-7-26(16)25-17)13-3-4-14-15(24-13)2-1-6-21-14/h1-7,10-11H,8-9H2,(H,23,25). The summed E-state index contributed by atoms with van der Waals surface area (Å²) in [5, 5.41) is 7.32. The molecule has 5 rings (SSSR count). The van der Waals surface area contributed by atoms with Gasteiger partial charge in [0.2, 0.25) is 5.95 Å². The highest BCUT2D eigenvalue weighted by Crippen LogP contribution is 2.38. The minimum absolute atomic E-state index is 0.180. The Kier molecular flexibility index (Phi) is 3.15. The third kappa shape index (κ3) is 2.54. The number of halogens is 2. The van der Waals surface area contributed by atoms with E-state index in [2.05, 4.69) is 25.4 Å². The van der Waals surface area contributed by atoms with Gasteiger partial charge in [-0.15, -0.1) is 5.10 Å². The predicted molar refractivity (Wildman–Crippen MR) is 93.1 cm³/mol. The third-order valence-corrected chi connectivity index (χ3v) is 4.57. The van der Waals surface area contributed by atoms with Crippen molar-refractivity contribution in [2.45, 2.75) is 24.8 Å². The monoisotopic (exact) mass is 352 g/mol. The molecule has 1 aliphatic rings. The first-order chi connectivity index (χ1) is 12.6. The number of anilines is 1. The zero-order valence-corrected chi connectivity index (χ0v) is 13.6. The number of hydrogen-bond donors (Lipinski definition) is 1. The first-order valence-corrected chi connectivity index (χ1v) is 8.28. The molecule has 0 saturated heterocycles. The van der Waals surface area contributed by atoms with Crippen LogP contribution in [0, 0.1) is 0 Å². The van der Waals surface area contributed by atoms with Gasteiger partial charge in [-0.25, -0.2) is 23.3 Å². The number of nitrogens with zero attached hydrogens (tertiary/aromatic N) is 5. The SMILES string of the molecule is FC1(F)CC(Nc2ncc3c(-c4ccc5ncccc5n4)ccn3n2)C1. The van der Waals surface area contributed by atoms with Gasteiger partial charge in [-0.1, -0.05) is 0 Å². The molecule has 1 saturated carbocycles. The lowest BCUT2D eigenvalue weighted by Crippen LogP contribution is -2.44. The van der Waals surface area contributed by atoms with Gasteiger partial charge in [0.1, 0.15) is 0 Å². The van der Waals surface area contributed by atoms with Gasteiger partial charge in [0.05, 0.1) is 28.4 Å². The molecule has 0 atom stereocenters. The lowest BCUT2D eigenvalue weighted by atomic mass is 9.88. The van der Waals surface area contributed by atoms with Crippen LogP contribution in [0.15, 0.2) is 48.9 Å². The van der Waals surface area contributed by atoms with E-state index in [0.717, 1.165) is 27.8 Å². The van der Waals surface area contributed by atoms with Crippen LogP contribution in [0.4, 0.5) is 14.7 Å². The van der Waals surface area contributed by atoms with Crippen molar-refractivity contribution < 1.29 is 8.78 Å². The molecule has 4 aromatic rings. The number of hydrogen-bond acceptors (Lipinski definition) is 5. The fourth-order valence-electron chi connectivity index (χ4n) is 3.24. The van der Waals surface area contributed by atoms with Crippen LogP contribution >= 0.6 is 0 Å². The Morgan fingerprint density at radius 1 is 1.08 bits per heavy atom. The zero-order valence-electron chi connectivity index (χ0n) is 13.6. The molecule has 1 aliphatic carbocycles. The second-order valence-electron chi connectivity index (χ2n) is 6.48. The smallest absolute Gasteiger partial charge is 0.252 e. The van der Waals surface area contributed by atoms with Gasteiger partial charge in [-0.3, -0.25) is 4.98 Å². The van der Waals surface area contributed by atoms with Crippen LogP contribution in [0.25, 0.3) is 27.8 Å². The summed E-state index contributed by atoms with van der Waals surface area (Å²) < 4.78 is 27.6. The minimum Gasteiger partial charge on any atom is -0.350 e. The van der Waals surface area contributed by atoms with E-state index in [9.17, 15) is 8.78 Å². The van der Waals surface area contributed by atoms with Crippen molar-refractivity contribution in [2.75, 3.05) is 5.32 Å². The minimum atomic E-state index is -2.57. The first kappa shape index (κ1) is 15.1. The third-order valence-electron chi connectivity index (χ3n) is 4.57. The van der Waals surface area contributed by atoms with E-state index < -0.39 is 5.92 Å². The van der Waals surface area contributed by atoms with Crippen molar-refractivity contribution >= 4 is 22.5 Å². The van der Waals surface area contributed by atoms with Gasteiger partial charge < -0.3 is 5.32 Å². The van der Waals surface area contributed by atoms with E-state index in [-0.39, 0.29) is 18.9 Å². The Balaban J connectivity index is 1.47. The lowest BCUT2D eigenvalue weighted by Gasteiger charge is -2.35. The fourth-order valence-corrected chi connectivity index (χ4v) is 3.24. The molecule has 0 aromatic carbocycles. The Morgan fingerprint density at radius 3 is 2.81 bits per heavy atom. The van der Waals surface area contributed by atoms with Crippen molar-refractivity contribution in [3.8, 4) is 11.3 Å². The average Bonchev–Trinajstić information content (AvgIpc) is 3.03. The van der Waals surface area contributed by atoms with E-state index in [4.69, 9.17) is 0 Å². The van der Waals surface area contributed by atoms with Gasteiger partial charge in [0.15, 0.2) is 0 Å². The highest BCUT2D eigenvalue weighted by molar-refractivity contribution is 5.83. The Morgan fingerprint density at radius 2 is 1.96 bits per heavy atom. The van der Waals surface area contributed by atoms with Crippen LogP contribution in [0.5, 0.6) is 0 Å². The lowest BCUT2D eigenvalue weighted by molar-refractivity contribution is -0.0794. The van der Waals surface area contributed by atoms with Crippen LogP contribution < -0.4 is 5.32 Å². The largest absolute Gasteiger partial charge is 0.350 e. The molecule has 4 heterocycles. The molecule has 1 N–H and O–H groups in total. The summed E-state index contributed by atoms with van der Waals surface area (Å²) in [5.41, 5.74) is 4.15. The molecule has 0 amide bonds. The molecular formula is C18H14F2N6. The maximum absolute atomic E-state index is 12.9. The van der Waals surface area contributed by atoms with Crippen molar-refractivity contribution in [3.05, 3.63) is 48.9 Å². The molecule has 0 spiro atoms. The van der Waals surface area contributed by atoms with Crippen molar-refractivity contribution in [2.24, 2.45) is 0 Å². The maximum Gasteiger partial charge on any atom is 0.252 e. The van der Waals surface area contributed by atoms with Crippen LogP contribution in [-0.4, -0.2) is 36.5 Å². The molecule has 8 heteroatoms. The summed E-state index contributed by atoms with van der Waals surface area (Å²) in [6.07, 6.45) is 4.86. The van der Waals surface area contributed by atoms with Crippen molar-refractivity contribution in [1.82, 2.24) is 24.6 Å². The summed E-state index contributed by atoms with van der Waals surface area (Å²) >= 11 is 0. The summed E-state index contributed by atoms with van der Waals surface area (Å²) in [6, 6.07) is 9.23. The number of nitrogens with one attached hydrogen (secondary N) is 1. The van der Waals surface area contributed by atoms with E-state index in [1.807, 2.05) is 36.5 Å². The van der Waals surface area contributed by atoms with Crippen LogP contribution in [0.1, 0.15) is 12.8 Å². The molecule has 130 valence electrons. The summed E-state index contributed by atoms with van der Waals surface area (Å²) in [7, 11) is 0. The molecule has 4 aromatic heterocycles. The Labute approximate surface area is 146 Å². The fraction of sp³-hybridized carbons (Fsp3) is 0.222. The van der Waals surface area contributed by atoms with E-state index in [1.54, 1.807) is 16.9 Å². The molecule has 1 fully saturated rings. The van der Waals surface area contributed by atoms with Gasteiger partial charge in [-0.05, 0) is 30.3 Å². The molecule has 26 heavy (non-hydrogen) atoms. The van der Waals surface area contributed by atoms with Gasteiger partial charge in [0.25, 0.3) is 5.92 Å². The molecule has 6 nitrogen and oxygen atoms in total. The summed E-state index contributed by atoms with van der Waals surface area (Å²) in [5.74, 6) is -2.23.